The summed E-state index contributed by atoms with van der Waals surface area (Å²) in [6.07, 6.45) is 5.41. The van der Waals surface area contributed by atoms with Crippen molar-refractivity contribution >= 4 is 5.78 Å². The van der Waals surface area contributed by atoms with Gasteiger partial charge in [0, 0.05) is 31.5 Å². The van der Waals surface area contributed by atoms with Crippen LogP contribution in [0.4, 0.5) is 0 Å². The minimum absolute atomic E-state index is 0.253. The van der Waals surface area contributed by atoms with Crippen LogP contribution in [0.15, 0.2) is 30.3 Å². The first-order chi connectivity index (χ1) is 9.66. The zero-order chi connectivity index (χ0) is 14.4. The molecule has 0 bridgehead atoms. The minimum Gasteiger partial charge on any atom is -0.299 e. The standard InChI is InChI=1S/C18H27NO/c1-15(2)19(13-16-9-5-3-6-10-16)14-17-11-7-4-8-12-18(17)20/h3,5-6,9-10,15,17H,4,7-8,11-14H2,1-2H3. The average molecular weight is 273 g/mol. The maximum atomic E-state index is 12.2. The topological polar surface area (TPSA) is 20.3 Å². The summed E-state index contributed by atoms with van der Waals surface area (Å²) in [5.74, 6) is 0.741. The third kappa shape index (κ3) is 4.45. The van der Waals surface area contributed by atoms with E-state index in [1.54, 1.807) is 0 Å². The number of Topliss-reactive ketones (excluding diaryl/α,β-unsaturated/α-hetero) is 1. The van der Waals surface area contributed by atoms with Gasteiger partial charge in [0.05, 0.1) is 0 Å². The molecule has 1 aliphatic carbocycles. The fourth-order valence-corrected chi connectivity index (χ4v) is 2.98. The summed E-state index contributed by atoms with van der Waals surface area (Å²) in [5.41, 5.74) is 1.34. The lowest BCUT2D eigenvalue weighted by Gasteiger charge is -2.30. The molecule has 1 saturated carbocycles. The zero-order valence-electron chi connectivity index (χ0n) is 12.8. The van der Waals surface area contributed by atoms with Crippen LogP contribution in [0, 0.1) is 5.92 Å². The van der Waals surface area contributed by atoms with Crippen LogP contribution >= 0.6 is 0 Å². The van der Waals surface area contributed by atoms with Crippen molar-refractivity contribution in [2.75, 3.05) is 6.54 Å². The van der Waals surface area contributed by atoms with Gasteiger partial charge in [-0.2, -0.15) is 0 Å². The second kappa shape index (κ2) is 7.58. The first kappa shape index (κ1) is 15.2. The van der Waals surface area contributed by atoms with Crippen LogP contribution in [0.2, 0.25) is 0 Å². The monoisotopic (exact) mass is 273 g/mol. The molecule has 0 aliphatic heterocycles. The summed E-state index contributed by atoms with van der Waals surface area (Å²) in [6, 6.07) is 11.0. The van der Waals surface area contributed by atoms with Crippen molar-refractivity contribution < 1.29 is 4.79 Å². The van der Waals surface area contributed by atoms with Crippen LogP contribution in [0.1, 0.15) is 51.5 Å². The number of ketones is 1. The van der Waals surface area contributed by atoms with Crippen LogP contribution in [0.3, 0.4) is 0 Å². The Hall–Kier alpha value is -1.15. The Bertz CT molecular complexity index is 413. The molecule has 1 atom stereocenters. The van der Waals surface area contributed by atoms with Crippen molar-refractivity contribution in [3.8, 4) is 0 Å². The summed E-state index contributed by atoms with van der Waals surface area (Å²) in [6.45, 7) is 6.32. The highest BCUT2D eigenvalue weighted by Gasteiger charge is 2.24. The Kier molecular flexibility index (Phi) is 5.78. The molecule has 20 heavy (non-hydrogen) atoms. The van der Waals surface area contributed by atoms with E-state index >= 15 is 0 Å². The van der Waals surface area contributed by atoms with Crippen molar-refractivity contribution in [3.63, 3.8) is 0 Å². The van der Waals surface area contributed by atoms with E-state index in [-0.39, 0.29) is 5.92 Å². The third-order valence-electron chi connectivity index (χ3n) is 4.34. The van der Waals surface area contributed by atoms with Crippen LogP contribution < -0.4 is 0 Å². The molecule has 0 heterocycles. The van der Waals surface area contributed by atoms with Gasteiger partial charge < -0.3 is 0 Å². The highest BCUT2D eigenvalue weighted by atomic mass is 16.1. The molecule has 2 rings (SSSR count). The largest absolute Gasteiger partial charge is 0.299 e. The molecule has 0 aromatic heterocycles. The van der Waals surface area contributed by atoms with Gasteiger partial charge in [-0.15, -0.1) is 0 Å². The molecule has 110 valence electrons. The number of rotatable bonds is 5. The van der Waals surface area contributed by atoms with Crippen LogP contribution in [0.5, 0.6) is 0 Å². The van der Waals surface area contributed by atoms with E-state index < -0.39 is 0 Å². The Morgan fingerprint density at radius 1 is 1.15 bits per heavy atom. The Labute approximate surface area is 123 Å². The fraction of sp³-hybridized carbons (Fsp3) is 0.611. The maximum absolute atomic E-state index is 12.2. The molecule has 2 heteroatoms. The van der Waals surface area contributed by atoms with Crippen molar-refractivity contribution in [2.24, 2.45) is 5.92 Å². The van der Waals surface area contributed by atoms with Gasteiger partial charge in [-0.05, 0) is 32.3 Å². The lowest BCUT2D eigenvalue weighted by molar-refractivity contribution is -0.123. The number of carbonyl (C=O) groups is 1. The van der Waals surface area contributed by atoms with Crippen molar-refractivity contribution in [3.05, 3.63) is 35.9 Å². The second-order valence-electron chi connectivity index (χ2n) is 6.27. The predicted molar refractivity (Wildman–Crippen MR) is 83.6 cm³/mol. The van der Waals surface area contributed by atoms with E-state index in [2.05, 4.69) is 49.1 Å². The number of nitrogens with zero attached hydrogens (tertiary/aromatic N) is 1. The van der Waals surface area contributed by atoms with E-state index in [0.29, 0.717) is 11.8 Å². The van der Waals surface area contributed by atoms with E-state index in [1.165, 1.54) is 18.4 Å². The van der Waals surface area contributed by atoms with Crippen LogP contribution in [-0.2, 0) is 11.3 Å². The molecule has 2 nitrogen and oxygen atoms in total. The molecule has 1 aromatic rings. The van der Waals surface area contributed by atoms with Gasteiger partial charge in [-0.25, -0.2) is 0 Å². The van der Waals surface area contributed by atoms with Gasteiger partial charge in [0.1, 0.15) is 5.78 Å². The lowest BCUT2D eigenvalue weighted by atomic mass is 9.97. The molecule has 1 aliphatic rings. The van der Waals surface area contributed by atoms with E-state index in [1.807, 2.05) is 0 Å². The van der Waals surface area contributed by atoms with Crippen LogP contribution in [0.25, 0.3) is 0 Å². The minimum atomic E-state index is 0.253. The van der Waals surface area contributed by atoms with Gasteiger partial charge in [0.15, 0.2) is 0 Å². The predicted octanol–water partition coefficient (Wildman–Crippen LogP) is 4.05. The van der Waals surface area contributed by atoms with Crippen molar-refractivity contribution in [1.29, 1.82) is 0 Å². The van der Waals surface area contributed by atoms with Gasteiger partial charge in [0.2, 0.25) is 0 Å². The van der Waals surface area contributed by atoms with E-state index in [0.717, 1.165) is 32.4 Å². The number of hydrogen-bond acceptors (Lipinski definition) is 2. The highest BCUT2D eigenvalue weighted by molar-refractivity contribution is 5.81. The molecule has 0 spiro atoms. The molecular weight excluding hydrogens is 246 g/mol. The van der Waals surface area contributed by atoms with E-state index in [4.69, 9.17) is 0 Å². The Morgan fingerprint density at radius 3 is 2.60 bits per heavy atom. The molecule has 1 aromatic carbocycles. The quantitative estimate of drug-likeness (QED) is 0.754. The van der Waals surface area contributed by atoms with Crippen molar-refractivity contribution in [1.82, 2.24) is 4.90 Å². The maximum Gasteiger partial charge on any atom is 0.137 e. The van der Waals surface area contributed by atoms with Gasteiger partial charge >= 0.3 is 0 Å². The van der Waals surface area contributed by atoms with Gasteiger partial charge in [0.25, 0.3) is 0 Å². The summed E-state index contributed by atoms with van der Waals surface area (Å²) < 4.78 is 0. The summed E-state index contributed by atoms with van der Waals surface area (Å²) >= 11 is 0. The van der Waals surface area contributed by atoms with Gasteiger partial charge in [-0.1, -0.05) is 43.2 Å². The van der Waals surface area contributed by atoms with Crippen molar-refractivity contribution in [2.45, 2.75) is 58.5 Å². The molecule has 0 radical (unpaired) electrons. The average Bonchev–Trinajstić information content (AvgIpc) is 2.64. The molecule has 1 fully saturated rings. The molecule has 0 saturated heterocycles. The Morgan fingerprint density at radius 2 is 1.90 bits per heavy atom. The summed E-state index contributed by atoms with van der Waals surface area (Å²) in [5, 5.41) is 0. The fourth-order valence-electron chi connectivity index (χ4n) is 2.98. The molecule has 0 N–H and O–H groups in total. The highest BCUT2D eigenvalue weighted by Crippen LogP contribution is 2.22. The summed E-state index contributed by atoms with van der Waals surface area (Å²) in [4.78, 5) is 14.6. The first-order valence-electron chi connectivity index (χ1n) is 7.97. The zero-order valence-corrected chi connectivity index (χ0v) is 12.8. The molecule has 1 unspecified atom stereocenters. The lowest BCUT2D eigenvalue weighted by Crippen LogP contribution is -2.37. The SMILES string of the molecule is CC(C)N(Cc1ccccc1)CC1CCCCCC1=O. The third-order valence-corrected chi connectivity index (χ3v) is 4.34. The second-order valence-corrected chi connectivity index (χ2v) is 6.27. The summed E-state index contributed by atoms with van der Waals surface area (Å²) in [7, 11) is 0. The molecule has 0 amide bonds. The molecular formula is C18H27NO. The van der Waals surface area contributed by atoms with Crippen LogP contribution in [-0.4, -0.2) is 23.3 Å². The first-order valence-corrected chi connectivity index (χ1v) is 7.97. The number of benzene rings is 1. The van der Waals surface area contributed by atoms with E-state index in [9.17, 15) is 4.79 Å². The smallest absolute Gasteiger partial charge is 0.137 e. The normalized spacial score (nSPS) is 20.4. The Balaban J connectivity index is 1.99. The number of hydrogen-bond donors (Lipinski definition) is 0. The van der Waals surface area contributed by atoms with Gasteiger partial charge in [-0.3, -0.25) is 9.69 Å². The number of carbonyl (C=O) groups excluding carboxylic acids is 1.